The number of pyridine rings is 1. The fourth-order valence-corrected chi connectivity index (χ4v) is 6.55. The Hall–Kier alpha value is -3.53. The summed E-state index contributed by atoms with van der Waals surface area (Å²) in [5.41, 5.74) is 1.56. The third-order valence-electron chi connectivity index (χ3n) is 8.79. The van der Waals surface area contributed by atoms with Crippen molar-refractivity contribution in [2.75, 3.05) is 25.0 Å². The number of carboxylic acid groups (broad SMARTS) is 1. The van der Waals surface area contributed by atoms with Gasteiger partial charge in [0.25, 0.3) is 5.79 Å². The summed E-state index contributed by atoms with van der Waals surface area (Å²) in [5, 5.41) is 10.0. The maximum atomic E-state index is 12.6. The van der Waals surface area contributed by atoms with E-state index in [1.807, 2.05) is 39.8 Å². The number of ether oxygens (including phenoxy) is 4. The monoisotopic (exact) mass is 595 g/mol. The van der Waals surface area contributed by atoms with Crippen molar-refractivity contribution in [3.63, 3.8) is 0 Å². The van der Waals surface area contributed by atoms with Gasteiger partial charge in [-0.2, -0.15) is 0 Å². The first kappa shape index (κ1) is 30.9. The molecule has 10 heteroatoms. The number of rotatable bonds is 5. The number of anilines is 1. The molecule has 1 amide bonds. The minimum absolute atomic E-state index is 0.0505. The van der Waals surface area contributed by atoms with Crippen molar-refractivity contribution in [3.05, 3.63) is 35.5 Å². The smallest absolute Gasteiger partial charge is 0.410 e. The quantitative estimate of drug-likeness (QED) is 0.427. The number of amides is 1. The van der Waals surface area contributed by atoms with Crippen molar-refractivity contribution in [2.45, 2.75) is 104 Å². The molecule has 3 aliphatic rings. The van der Waals surface area contributed by atoms with E-state index in [1.165, 1.54) is 0 Å². The highest BCUT2D eigenvalue weighted by molar-refractivity contribution is 5.94. The molecule has 43 heavy (non-hydrogen) atoms. The fraction of sp³-hybridized carbons (Fsp3) is 0.606. The van der Waals surface area contributed by atoms with Gasteiger partial charge in [0.05, 0.1) is 17.8 Å². The zero-order valence-electron chi connectivity index (χ0n) is 26.6. The summed E-state index contributed by atoms with van der Waals surface area (Å²) in [7, 11) is 1.79. The average Bonchev–Trinajstić information content (AvgIpc) is 3.30. The van der Waals surface area contributed by atoms with Crippen LogP contribution in [0.3, 0.4) is 0 Å². The van der Waals surface area contributed by atoms with Gasteiger partial charge in [-0.1, -0.05) is 0 Å². The molecule has 0 radical (unpaired) electrons. The van der Waals surface area contributed by atoms with Crippen molar-refractivity contribution in [3.8, 4) is 22.6 Å². The number of benzene rings is 1. The van der Waals surface area contributed by atoms with Crippen LogP contribution < -0.4 is 14.4 Å². The van der Waals surface area contributed by atoms with E-state index in [0.29, 0.717) is 22.6 Å². The van der Waals surface area contributed by atoms with Crippen molar-refractivity contribution >= 4 is 17.9 Å². The van der Waals surface area contributed by atoms with Crippen LogP contribution >= 0.6 is 0 Å². The molecule has 1 saturated carbocycles. The number of hydrogen-bond donors (Lipinski definition) is 1. The fourth-order valence-electron chi connectivity index (χ4n) is 6.55. The van der Waals surface area contributed by atoms with Crippen LogP contribution in [0.2, 0.25) is 0 Å². The lowest BCUT2D eigenvalue weighted by Gasteiger charge is -2.40. The molecule has 1 aliphatic carbocycles. The van der Waals surface area contributed by atoms with Crippen molar-refractivity contribution in [1.29, 1.82) is 0 Å². The molecule has 1 unspecified atom stereocenters. The SMILES string of the molecule is Cc1c(C(=O)O)cc(-c2ccc(N3C[C@@H](C)O[C@@H](C)C3)nc2)c2c1OC(C)(C1CCC(N(C)C(=O)OC(C)(C)C)CC1)O2. The second kappa shape index (κ2) is 11.5. The summed E-state index contributed by atoms with van der Waals surface area (Å²) in [4.78, 5) is 33.5. The molecule has 2 fully saturated rings. The van der Waals surface area contributed by atoms with Gasteiger partial charge in [0.2, 0.25) is 0 Å². The Bertz CT molecular complexity index is 1350. The Morgan fingerprint density at radius 3 is 2.26 bits per heavy atom. The van der Waals surface area contributed by atoms with E-state index in [4.69, 9.17) is 23.9 Å². The summed E-state index contributed by atoms with van der Waals surface area (Å²) in [6, 6.07) is 5.65. The van der Waals surface area contributed by atoms with E-state index >= 15 is 0 Å². The Labute approximate surface area is 254 Å². The van der Waals surface area contributed by atoms with Crippen molar-refractivity contribution in [2.24, 2.45) is 5.92 Å². The molecular formula is C33H45N3O7. The lowest BCUT2D eigenvalue weighted by Crippen LogP contribution is -2.48. The number of aromatic nitrogens is 1. The second-order valence-corrected chi connectivity index (χ2v) is 13.4. The number of carbonyl (C=O) groups excluding carboxylic acids is 1. The van der Waals surface area contributed by atoms with Crippen LogP contribution in [0.4, 0.5) is 10.6 Å². The summed E-state index contributed by atoms with van der Waals surface area (Å²) in [5.74, 6) is -0.0867. The molecule has 2 aliphatic heterocycles. The topological polar surface area (TPSA) is 111 Å². The predicted molar refractivity (Wildman–Crippen MR) is 163 cm³/mol. The van der Waals surface area contributed by atoms with E-state index in [9.17, 15) is 14.7 Å². The highest BCUT2D eigenvalue weighted by Crippen LogP contribution is 2.53. The zero-order chi connectivity index (χ0) is 31.3. The van der Waals surface area contributed by atoms with E-state index in [-0.39, 0.29) is 35.8 Å². The van der Waals surface area contributed by atoms with Crippen LogP contribution in [0.25, 0.3) is 11.1 Å². The Balaban J connectivity index is 1.37. The zero-order valence-corrected chi connectivity index (χ0v) is 26.6. The van der Waals surface area contributed by atoms with Crippen molar-refractivity contribution in [1.82, 2.24) is 9.88 Å². The molecule has 1 N–H and O–H groups in total. The van der Waals surface area contributed by atoms with Gasteiger partial charge in [0.15, 0.2) is 11.5 Å². The number of carboxylic acids is 1. The molecule has 3 atom stereocenters. The molecule has 1 aromatic carbocycles. The molecule has 0 bridgehead atoms. The van der Waals surface area contributed by atoms with Gasteiger partial charge in [-0.05, 0) is 85.4 Å². The summed E-state index contributed by atoms with van der Waals surface area (Å²) >= 11 is 0. The maximum absolute atomic E-state index is 12.6. The summed E-state index contributed by atoms with van der Waals surface area (Å²) in [6.07, 6.45) is 4.82. The van der Waals surface area contributed by atoms with E-state index in [0.717, 1.165) is 50.2 Å². The van der Waals surface area contributed by atoms with Crippen molar-refractivity contribution < 1.29 is 33.6 Å². The van der Waals surface area contributed by atoms with Gasteiger partial charge in [-0.25, -0.2) is 14.6 Å². The molecular weight excluding hydrogens is 550 g/mol. The van der Waals surface area contributed by atoms with Gasteiger partial charge in [-0.15, -0.1) is 0 Å². The van der Waals surface area contributed by atoms with Gasteiger partial charge < -0.3 is 33.9 Å². The summed E-state index contributed by atoms with van der Waals surface area (Å²) < 4.78 is 24.6. The van der Waals surface area contributed by atoms with Crippen LogP contribution in [-0.2, 0) is 9.47 Å². The number of fused-ring (bicyclic) bond motifs is 1. The molecule has 0 spiro atoms. The normalized spacial score (nSPS) is 27.1. The third kappa shape index (κ3) is 6.39. The first-order chi connectivity index (χ1) is 20.1. The molecule has 10 nitrogen and oxygen atoms in total. The number of carbonyl (C=O) groups is 2. The maximum Gasteiger partial charge on any atom is 0.410 e. The lowest BCUT2D eigenvalue weighted by atomic mass is 9.81. The number of hydrogen-bond acceptors (Lipinski definition) is 8. The number of aromatic carboxylic acids is 1. The highest BCUT2D eigenvalue weighted by atomic mass is 16.7. The third-order valence-corrected chi connectivity index (χ3v) is 8.79. The molecule has 234 valence electrons. The minimum atomic E-state index is -1.02. The highest BCUT2D eigenvalue weighted by Gasteiger charge is 2.48. The van der Waals surface area contributed by atoms with E-state index in [1.54, 1.807) is 31.1 Å². The van der Waals surface area contributed by atoms with Crippen LogP contribution in [0.5, 0.6) is 11.5 Å². The Morgan fingerprint density at radius 2 is 1.70 bits per heavy atom. The molecule has 3 heterocycles. The van der Waals surface area contributed by atoms with Gasteiger partial charge >= 0.3 is 12.1 Å². The number of nitrogens with zero attached hydrogens (tertiary/aromatic N) is 3. The molecule has 2 aromatic rings. The second-order valence-electron chi connectivity index (χ2n) is 13.4. The van der Waals surface area contributed by atoms with E-state index < -0.39 is 17.4 Å². The minimum Gasteiger partial charge on any atom is -0.478 e. The van der Waals surface area contributed by atoms with Crippen LogP contribution in [0.1, 0.15) is 83.1 Å². The molecule has 1 aromatic heterocycles. The predicted octanol–water partition coefficient (Wildman–Crippen LogP) is 6.28. The Morgan fingerprint density at radius 1 is 1.07 bits per heavy atom. The largest absolute Gasteiger partial charge is 0.478 e. The molecule has 5 rings (SSSR count). The van der Waals surface area contributed by atoms with Crippen LogP contribution in [0, 0.1) is 12.8 Å². The van der Waals surface area contributed by atoms with Crippen LogP contribution in [0.15, 0.2) is 24.4 Å². The van der Waals surface area contributed by atoms with Gasteiger partial charge in [-0.3, -0.25) is 0 Å². The number of morpholine rings is 1. The van der Waals surface area contributed by atoms with Gasteiger partial charge in [0, 0.05) is 61.9 Å². The van der Waals surface area contributed by atoms with E-state index in [2.05, 4.69) is 18.7 Å². The lowest BCUT2D eigenvalue weighted by molar-refractivity contribution is -0.123. The van der Waals surface area contributed by atoms with Gasteiger partial charge in [0.1, 0.15) is 11.4 Å². The molecule has 1 saturated heterocycles. The Kier molecular flexibility index (Phi) is 8.28. The first-order valence-corrected chi connectivity index (χ1v) is 15.3. The average molecular weight is 596 g/mol. The van der Waals surface area contributed by atoms with Crippen LogP contribution in [-0.4, -0.2) is 76.8 Å². The standard InChI is InChI=1S/C33H45N3O7/c1-19-17-36(18-20(2)40-19)27-14-9-22(16-34-27)26-15-25(30(37)38)21(3)28-29(26)42-33(7,41-28)23-10-12-24(13-11-23)35(8)31(39)43-32(4,5)6/h9,14-16,19-20,23-24H,10-13,17-18H2,1-8H3,(H,37,38)/t19-,20+,23?,24?,33?. The summed E-state index contributed by atoms with van der Waals surface area (Å²) in [6.45, 7) is 14.9. The first-order valence-electron chi connectivity index (χ1n) is 15.3.